The first-order chi connectivity index (χ1) is 9.56. The number of rotatable bonds is 4. The number of anilines is 1. The van der Waals surface area contributed by atoms with E-state index in [4.69, 9.17) is 10.4 Å². The monoisotopic (exact) mass is 276 g/mol. The Kier molecular flexibility index (Phi) is 5.52. The van der Waals surface area contributed by atoms with Crippen LogP contribution in [0.5, 0.6) is 5.75 Å². The van der Waals surface area contributed by atoms with Crippen LogP contribution in [0.25, 0.3) is 0 Å². The van der Waals surface area contributed by atoms with Gasteiger partial charge in [-0.3, -0.25) is 10.1 Å². The fourth-order valence-electron chi connectivity index (χ4n) is 1.15. The molecule has 0 aliphatic rings. The highest BCUT2D eigenvalue weighted by Crippen LogP contribution is 2.17. The number of aromatic hydroxyl groups is 1. The van der Waals surface area contributed by atoms with Crippen molar-refractivity contribution < 1.29 is 19.4 Å². The summed E-state index contributed by atoms with van der Waals surface area (Å²) in [5.41, 5.74) is 0.352. The van der Waals surface area contributed by atoms with Crippen LogP contribution >= 0.6 is 0 Å². The van der Waals surface area contributed by atoms with Crippen molar-refractivity contribution in [3.63, 3.8) is 0 Å². The molecule has 0 fully saturated rings. The van der Waals surface area contributed by atoms with Crippen LogP contribution in [0.3, 0.4) is 0 Å². The predicted octanol–water partition coefficient (Wildman–Crippen LogP) is 0.938. The average Bonchev–Trinajstić information content (AvgIpc) is 2.41. The molecule has 0 saturated heterocycles. The third-order valence-electron chi connectivity index (χ3n) is 1.98. The van der Waals surface area contributed by atoms with Crippen molar-refractivity contribution in [3.05, 3.63) is 24.3 Å². The van der Waals surface area contributed by atoms with Crippen molar-refractivity contribution in [3.8, 4) is 11.9 Å². The number of carbonyl (C=O) groups excluding carboxylic acids is 2. The fourth-order valence-corrected chi connectivity index (χ4v) is 1.15. The molecule has 0 aliphatic carbocycles. The molecule has 1 aromatic rings. The molecule has 0 spiro atoms. The zero-order valence-corrected chi connectivity index (χ0v) is 10.6. The Bertz CT molecular complexity index is 548. The number of phenols is 1. The highest BCUT2D eigenvalue weighted by atomic mass is 16.5. The number of nitrogens with one attached hydrogen (secondary N) is 1. The third-order valence-corrected chi connectivity index (χ3v) is 1.98. The van der Waals surface area contributed by atoms with E-state index in [9.17, 15) is 9.59 Å². The smallest absolute Gasteiger partial charge is 0.414 e. The van der Waals surface area contributed by atoms with E-state index in [0.717, 1.165) is 11.2 Å². The lowest BCUT2D eigenvalue weighted by atomic mass is 10.3. The molecule has 0 unspecified atom stereocenters. The Morgan fingerprint density at radius 1 is 1.50 bits per heavy atom. The average molecular weight is 276 g/mol. The van der Waals surface area contributed by atoms with Gasteiger partial charge in [0.15, 0.2) is 0 Å². The van der Waals surface area contributed by atoms with E-state index in [2.05, 4.69) is 9.84 Å². The Morgan fingerprint density at radius 2 is 2.15 bits per heavy atom. The van der Waals surface area contributed by atoms with E-state index in [-0.39, 0.29) is 12.4 Å². The van der Waals surface area contributed by atoms with Crippen LogP contribution in [0.1, 0.15) is 6.92 Å². The molecule has 2 N–H and O–H groups in total. The van der Waals surface area contributed by atoms with Crippen LogP contribution in [-0.4, -0.2) is 29.9 Å². The maximum Gasteiger partial charge on any atom is 0.414 e. The predicted molar refractivity (Wildman–Crippen MR) is 69.9 cm³/mol. The van der Waals surface area contributed by atoms with Crippen LogP contribution in [0.4, 0.5) is 10.5 Å². The number of carbonyl (C=O) groups is 2. The van der Waals surface area contributed by atoms with E-state index in [1.807, 2.05) is 5.32 Å². The molecule has 0 heterocycles. The number of nitriles is 1. The third kappa shape index (κ3) is 4.66. The largest absolute Gasteiger partial charge is 0.508 e. The molecule has 0 aliphatic heterocycles. The molecule has 1 rings (SSSR count). The maximum atomic E-state index is 11.3. The lowest BCUT2D eigenvalue weighted by Crippen LogP contribution is -2.32. The Morgan fingerprint density at radius 3 is 2.70 bits per heavy atom. The van der Waals surface area contributed by atoms with Crippen molar-refractivity contribution in [2.24, 2.45) is 5.10 Å². The van der Waals surface area contributed by atoms with Crippen LogP contribution in [-0.2, 0) is 9.53 Å². The van der Waals surface area contributed by atoms with Gasteiger partial charge in [0.25, 0.3) is 5.91 Å². The Balaban J connectivity index is 2.67. The molecule has 8 heteroatoms. The number of phenolic OH excluding ortho intramolecular Hbond substituents is 1. The minimum atomic E-state index is -0.892. The summed E-state index contributed by atoms with van der Waals surface area (Å²) in [6.45, 7) is 1.73. The molecule has 0 saturated carbocycles. The Labute approximate surface area is 114 Å². The van der Waals surface area contributed by atoms with Gasteiger partial charge in [-0.15, -0.1) is 0 Å². The summed E-state index contributed by atoms with van der Waals surface area (Å²) < 4.78 is 4.50. The summed E-state index contributed by atoms with van der Waals surface area (Å²) in [7, 11) is 0. The normalized spacial score (nSPS) is 9.80. The fraction of sp³-hybridized carbons (Fsp3) is 0.167. The molecule has 0 atom stereocenters. The first kappa shape index (κ1) is 15.0. The molecule has 8 nitrogen and oxygen atoms in total. The number of ether oxygens (including phenoxy) is 1. The molecule has 104 valence electrons. The van der Waals surface area contributed by atoms with Crippen molar-refractivity contribution in [2.45, 2.75) is 6.92 Å². The summed E-state index contributed by atoms with van der Waals surface area (Å²) in [5.74, 6) is -0.779. The summed E-state index contributed by atoms with van der Waals surface area (Å²) in [6.07, 6.45) is 1.61. The van der Waals surface area contributed by atoms with E-state index in [1.165, 1.54) is 24.3 Å². The minimum absolute atomic E-state index is 0.0377. The summed E-state index contributed by atoms with van der Waals surface area (Å²) in [6, 6.07) is 5.63. The minimum Gasteiger partial charge on any atom is -0.508 e. The molecule has 0 radical (unpaired) electrons. The van der Waals surface area contributed by atoms with Crippen LogP contribution in [0.2, 0.25) is 0 Å². The van der Waals surface area contributed by atoms with Gasteiger partial charge in [-0.25, -0.2) is 4.79 Å². The van der Waals surface area contributed by atoms with Crippen molar-refractivity contribution in [1.29, 1.82) is 5.26 Å². The van der Waals surface area contributed by atoms with Crippen LogP contribution in [0.15, 0.2) is 29.4 Å². The Hall–Kier alpha value is -3.08. The summed E-state index contributed by atoms with van der Waals surface area (Å²) >= 11 is 0. The zero-order chi connectivity index (χ0) is 15.0. The number of hydrazone groups is 1. The van der Waals surface area contributed by atoms with Crippen molar-refractivity contribution in [2.75, 3.05) is 11.6 Å². The summed E-state index contributed by atoms with van der Waals surface area (Å²) in [5, 5.41) is 24.4. The van der Waals surface area contributed by atoms with Gasteiger partial charge in [0.2, 0.25) is 6.19 Å². The second-order valence-corrected chi connectivity index (χ2v) is 3.38. The molecule has 0 bridgehead atoms. The lowest BCUT2D eigenvalue weighted by molar-refractivity contribution is -0.113. The van der Waals surface area contributed by atoms with E-state index >= 15 is 0 Å². The number of hydrogen-bond donors (Lipinski definition) is 2. The maximum absolute atomic E-state index is 11.3. The second-order valence-electron chi connectivity index (χ2n) is 3.38. The summed E-state index contributed by atoms with van der Waals surface area (Å²) in [4.78, 5) is 22.2. The van der Waals surface area contributed by atoms with Gasteiger partial charge in [-0.05, 0) is 31.2 Å². The van der Waals surface area contributed by atoms with Gasteiger partial charge in [0.05, 0.1) is 12.3 Å². The van der Waals surface area contributed by atoms with Gasteiger partial charge in [-0.1, -0.05) is 0 Å². The first-order valence-corrected chi connectivity index (χ1v) is 5.57. The van der Waals surface area contributed by atoms with Crippen molar-refractivity contribution in [1.82, 2.24) is 5.32 Å². The van der Waals surface area contributed by atoms with Gasteiger partial charge in [0, 0.05) is 0 Å². The molecule has 1 aromatic carbocycles. The number of hydrogen-bond acceptors (Lipinski definition) is 7. The van der Waals surface area contributed by atoms with Crippen LogP contribution < -0.4 is 10.3 Å². The molecular formula is C12H12N4O4. The van der Waals surface area contributed by atoms with Gasteiger partial charge >= 0.3 is 6.09 Å². The van der Waals surface area contributed by atoms with Crippen LogP contribution in [0, 0.1) is 11.5 Å². The standard InChI is InChI=1S/C12H12N4O4/c1-2-20-12(19)15-11(18)7-14-16(8-13)9-3-5-10(17)6-4-9/h3-7,17H,2H2,1H3,(H,15,18,19)/b14-7-. The number of nitrogens with zero attached hydrogens (tertiary/aromatic N) is 3. The first-order valence-electron chi connectivity index (χ1n) is 5.57. The molecule has 20 heavy (non-hydrogen) atoms. The number of benzene rings is 1. The molecular weight excluding hydrogens is 264 g/mol. The SMILES string of the molecule is CCOC(=O)NC(=O)/C=N\N(C#N)c1ccc(O)cc1. The lowest BCUT2D eigenvalue weighted by Gasteiger charge is -2.08. The molecule has 0 aromatic heterocycles. The number of amides is 2. The van der Waals surface area contributed by atoms with E-state index in [1.54, 1.807) is 13.1 Å². The van der Waals surface area contributed by atoms with Crippen molar-refractivity contribution >= 4 is 23.9 Å². The zero-order valence-electron chi connectivity index (χ0n) is 10.6. The van der Waals surface area contributed by atoms with E-state index < -0.39 is 12.0 Å². The number of alkyl carbamates (subject to hydrolysis) is 1. The van der Waals surface area contributed by atoms with Gasteiger partial charge in [-0.2, -0.15) is 15.4 Å². The van der Waals surface area contributed by atoms with E-state index in [0.29, 0.717) is 5.69 Å². The quantitative estimate of drug-likeness (QED) is 0.366. The highest BCUT2D eigenvalue weighted by molar-refractivity contribution is 6.29. The topological polar surface area (TPSA) is 115 Å². The second kappa shape index (κ2) is 7.38. The molecule has 2 amide bonds. The van der Waals surface area contributed by atoms with Gasteiger partial charge < -0.3 is 9.84 Å². The van der Waals surface area contributed by atoms with Gasteiger partial charge in [0.1, 0.15) is 12.0 Å². The highest BCUT2D eigenvalue weighted by Gasteiger charge is 2.07. The number of imide groups is 1.